The first-order valence-corrected chi connectivity index (χ1v) is 9.36. The fraction of sp³-hybridized carbons (Fsp3) is 0.250. The number of amides is 1. The van der Waals surface area contributed by atoms with Gasteiger partial charge in [0, 0.05) is 12.6 Å². The number of rotatable bonds is 6. The maximum atomic E-state index is 12.8. The van der Waals surface area contributed by atoms with Crippen molar-refractivity contribution >= 4 is 17.2 Å². The molecule has 6 nitrogen and oxygen atoms in total. The van der Waals surface area contributed by atoms with Gasteiger partial charge in [0.05, 0.1) is 12.0 Å². The molecule has 0 saturated carbocycles. The molecule has 3 aromatic rings. The van der Waals surface area contributed by atoms with Crippen molar-refractivity contribution in [2.75, 3.05) is 7.11 Å². The minimum Gasteiger partial charge on any atom is -0.497 e. The summed E-state index contributed by atoms with van der Waals surface area (Å²) in [6.45, 7) is 3.69. The maximum absolute atomic E-state index is 12.8. The van der Waals surface area contributed by atoms with E-state index in [4.69, 9.17) is 4.74 Å². The van der Waals surface area contributed by atoms with Gasteiger partial charge in [0.1, 0.15) is 17.0 Å². The third-order valence-electron chi connectivity index (χ3n) is 4.25. The molecule has 0 aliphatic heterocycles. The number of aromatic nitrogens is 2. The number of thiophene rings is 1. The molecule has 1 aromatic carbocycles. The summed E-state index contributed by atoms with van der Waals surface area (Å²) in [4.78, 5) is 26.1. The predicted molar refractivity (Wildman–Crippen MR) is 106 cm³/mol. The quantitative estimate of drug-likeness (QED) is 0.710. The van der Waals surface area contributed by atoms with Crippen LogP contribution < -0.4 is 15.6 Å². The Hall–Kier alpha value is -2.93. The summed E-state index contributed by atoms with van der Waals surface area (Å²) >= 11 is 1.53. The van der Waals surface area contributed by atoms with Crippen LogP contribution >= 0.6 is 11.3 Å². The summed E-state index contributed by atoms with van der Waals surface area (Å²) in [5, 5.41) is 9.25. The average molecular weight is 383 g/mol. The third kappa shape index (κ3) is 4.09. The highest BCUT2D eigenvalue weighted by molar-refractivity contribution is 7.13. The van der Waals surface area contributed by atoms with Crippen molar-refractivity contribution in [2.45, 2.75) is 25.9 Å². The first kappa shape index (κ1) is 18.8. The van der Waals surface area contributed by atoms with E-state index in [1.54, 1.807) is 27.0 Å². The van der Waals surface area contributed by atoms with Crippen molar-refractivity contribution in [3.8, 4) is 16.3 Å². The van der Waals surface area contributed by atoms with Crippen LogP contribution in [-0.2, 0) is 16.9 Å². The summed E-state index contributed by atoms with van der Waals surface area (Å²) in [5.41, 5.74) is 0.115. The lowest BCUT2D eigenvalue weighted by Crippen LogP contribution is -2.49. The highest BCUT2D eigenvalue weighted by Crippen LogP contribution is 2.22. The molecule has 1 amide bonds. The molecule has 2 aromatic heterocycles. The molecule has 140 valence electrons. The van der Waals surface area contributed by atoms with E-state index in [0.29, 0.717) is 12.2 Å². The molecule has 7 heteroatoms. The zero-order valence-electron chi connectivity index (χ0n) is 15.4. The largest absolute Gasteiger partial charge is 0.497 e. The normalized spacial score (nSPS) is 11.2. The van der Waals surface area contributed by atoms with Gasteiger partial charge in [-0.1, -0.05) is 18.2 Å². The molecule has 3 rings (SSSR count). The molecule has 0 atom stereocenters. The van der Waals surface area contributed by atoms with E-state index >= 15 is 0 Å². The molecule has 0 aliphatic rings. The molecule has 0 fully saturated rings. The lowest BCUT2D eigenvalue weighted by Gasteiger charge is -2.25. The number of carbonyl (C=O) groups is 1. The van der Waals surface area contributed by atoms with E-state index in [1.807, 2.05) is 41.8 Å². The fourth-order valence-corrected chi connectivity index (χ4v) is 3.34. The van der Waals surface area contributed by atoms with Gasteiger partial charge in [0.2, 0.25) is 5.91 Å². The molecule has 0 saturated heterocycles. The standard InChI is InChI=1S/C20H21N3O3S/c1-20(2,19(25)21-13-14-6-4-7-15(12-14)26-3)23-18(24)10-9-16(22-23)17-8-5-11-27-17/h4-12H,13H2,1-3H3,(H,21,25). The van der Waals surface area contributed by atoms with Gasteiger partial charge in [-0.05, 0) is 49.1 Å². The zero-order valence-corrected chi connectivity index (χ0v) is 16.2. The van der Waals surface area contributed by atoms with Gasteiger partial charge in [-0.25, -0.2) is 4.68 Å². The summed E-state index contributed by atoms with van der Waals surface area (Å²) in [5.74, 6) is 0.436. The van der Waals surface area contributed by atoms with Crippen molar-refractivity contribution in [1.29, 1.82) is 0 Å². The topological polar surface area (TPSA) is 73.2 Å². The fourth-order valence-electron chi connectivity index (χ4n) is 2.64. The van der Waals surface area contributed by atoms with Crippen molar-refractivity contribution in [1.82, 2.24) is 15.1 Å². The lowest BCUT2D eigenvalue weighted by atomic mass is 10.0. The highest BCUT2D eigenvalue weighted by atomic mass is 32.1. The van der Waals surface area contributed by atoms with Crippen LogP contribution in [-0.4, -0.2) is 22.8 Å². The Balaban J connectivity index is 1.81. The first-order valence-electron chi connectivity index (χ1n) is 8.48. The number of nitrogens with one attached hydrogen (secondary N) is 1. The van der Waals surface area contributed by atoms with Gasteiger partial charge < -0.3 is 10.1 Å². The average Bonchev–Trinajstić information content (AvgIpc) is 3.21. The van der Waals surface area contributed by atoms with Gasteiger partial charge >= 0.3 is 0 Å². The molecule has 0 unspecified atom stereocenters. The molecular weight excluding hydrogens is 362 g/mol. The van der Waals surface area contributed by atoms with E-state index in [-0.39, 0.29) is 11.5 Å². The van der Waals surface area contributed by atoms with Gasteiger partial charge in [-0.3, -0.25) is 9.59 Å². The third-order valence-corrected chi connectivity index (χ3v) is 5.14. The number of ether oxygens (including phenoxy) is 1. The van der Waals surface area contributed by atoms with Crippen LogP contribution in [0.4, 0.5) is 0 Å². The van der Waals surface area contributed by atoms with Crippen LogP contribution in [0.5, 0.6) is 5.75 Å². The molecule has 1 N–H and O–H groups in total. The van der Waals surface area contributed by atoms with Crippen LogP contribution in [0.2, 0.25) is 0 Å². The second kappa shape index (κ2) is 7.75. The van der Waals surface area contributed by atoms with Gasteiger partial charge in [0.15, 0.2) is 0 Å². The minimum atomic E-state index is -1.14. The first-order chi connectivity index (χ1) is 12.9. The number of nitrogens with zero attached hydrogens (tertiary/aromatic N) is 2. The van der Waals surface area contributed by atoms with Crippen molar-refractivity contribution in [3.05, 3.63) is 69.8 Å². The summed E-state index contributed by atoms with van der Waals surface area (Å²) < 4.78 is 6.43. The molecule has 0 bridgehead atoms. The Labute approximate surface area is 161 Å². The van der Waals surface area contributed by atoms with Gasteiger partial charge in [-0.15, -0.1) is 11.3 Å². The Morgan fingerprint density at radius 3 is 2.74 bits per heavy atom. The minimum absolute atomic E-state index is 0.289. The van der Waals surface area contributed by atoms with E-state index in [9.17, 15) is 9.59 Å². The molecule has 27 heavy (non-hydrogen) atoms. The van der Waals surface area contributed by atoms with Crippen molar-refractivity contribution in [3.63, 3.8) is 0 Å². The van der Waals surface area contributed by atoms with Gasteiger partial charge in [-0.2, -0.15) is 5.10 Å². The van der Waals surface area contributed by atoms with Gasteiger partial charge in [0.25, 0.3) is 5.56 Å². The second-order valence-corrected chi connectivity index (χ2v) is 7.49. The number of carbonyl (C=O) groups excluding carboxylic acids is 1. The van der Waals surface area contributed by atoms with E-state index in [1.165, 1.54) is 22.1 Å². The number of hydrogen-bond acceptors (Lipinski definition) is 5. The smallest absolute Gasteiger partial charge is 0.267 e. The predicted octanol–water partition coefficient (Wildman–Crippen LogP) is 3.03. The van der Waals surface area contributed by atoms with Crippen LogP contribution in [0, 0.1) is 0 Å². The van der Waals surface area contributed by atoms with E-state index in [2.05, 4.69) is 10.4 Å². The molecule has 0 radical (unpaired) electrons. The monoisotopic (exact) mass is 383 g/mol. The molecule has 0 aliphatic carbocycles. The van der Waals surface area contributed by atoms with E-state index in [0.717, 1.165) is 16.2 Å². The summed E-state index contributed by atoms with van der Waals surface area (Å²) in [6.07, 6.45) is 0. The SMILES string of the molecule is COc1cccc(CNC(=O)C(C)(C)n2nc(-c3cccs3)ccc2=O)c1. The number of hydrogen-bond donors (Lipinski definition) is 1. The van der Waals surface area contributed by atoms with Crippen LogP contribution in [0.15, 0.2) is 58.7 Å². The van der Waals surface area contributed by atoms with Crippen LogP contribution in [0.1, 0.15) is 19.4 Å². The summed E-state index contributed by atoms with van der Waals surface area (Å²) in [7, 11) is 1.60. The number of benzene rings is 1. The Morgan fingerprint density at radius 1 is 1.22 bits per heavy atom. The molecule has 0 spiro atoms. The highest BCUT2D eigenvalue weighted by Gasteiger charge is 2.32. The lowest BCUT2D eigenvalue weighted by molar-refractivity contribution is -0.129. The Morgan fingerprint density at radius 2 is 2.04 bits per heavy atom. The Bertz CT molecular complexity index is 994. The van der Waals surface area contributed by atoms with E-state index < -0.39 is 5.54 Å². The van der Waals surface area contributed by atoms with Crippen molar-refractivity contribution < 1.29 is 9.53 Å². The van der Waals surface area contributed by atoms with Crippen LogP contribution in [0.3, 0.4) is 0 Å². The Kier molecular flexibility index (Phi) is 5.41. The summed E-state index contributed by atoms with van der Waals surface area (Å²) in [6, 6.07) is 14.4. The molecule has 2 heterocycles. The number of methoxy groups -OCH3 is 1. The van der Waals surface area contributed by atoms with Crippen molar-refractivity contribution in [2.24, 2.45) is 0 Å². The maximum Gasteiger partial charge on any atom is 0.267 e. The van der Waals surface area contributed by atoms with Crippen LogP contribution in [0.25, 0.3) is 10.6 Å². The second-order valence-electron chi connectivity index (χ2n) is 6.54. The zero-order chi connectivity index (χ0) is 19.4. The molecular formula is C20H21N3O3S.